The molecule has 0 radical (unpaired) electrons. The summed E-state index contributed by atoms with van der Waals surface area (Å²) in [7, 11) is 0. The monoisotopic (exact) mass is 873 g/mol. The maximum Gasteiger partial charge on any atom is 0.149 e. The van der Waals surface area contributed by atoms with Gasteiger partial charge in [0.05, 0.1) is 28.0 Å². The second-order valence-corrected chi connectivity index (χ2v) is 19.5. The lowest BCUT2D eigenvalue weighted by molar-refractivity contribution is 0.446. The quantitative estimate of drug-likeness (QED) is 0.174. The van der Waals surface area contributed by atoms with Gasteiger partial charge in [-0.3, -0.25) is 9.55 Å². The van der Waals surface area contributed by atoms with Gasteiger partial charge in [-0.05, 0) is 122 Å². The normalized spacial score (nSPS) is 14.8. The van der Waals surface area contributed by atoms with Crippen LogP contribution in [0.5, 0.6) is 5.75 Å². The van der Waals surface area contributed by atoms with Gasteiger partial charge in [-0.2, -0.15) is 0 Å². The minimum Gasteiger partial charge on any atom is -0.507 e. The number of hydrogen-bond acceptors (Lipinski definition) is 3. The Morgan fingerprint density at radius 3 is 1.77 bits per heavy atom. The molecular formula is C62H61N3O. The Labute approximate surface area is 404 Å². The first-order chi connectivity index (χ1) is 35.1. The summed E-state index contributed by atoms with van der Waals surface area (Å²) in [5.74, 6) is 0.478. The number of aryl methyl sites for hydroxylation is 1. The van der Waals surface area contributed by atoms with Gasteiger partial charge in [-0.1, -0.05) is 183 Å². The molecular weight excluding hydrogens is 803 g/mol. The molecule has 0 amide bonds. The van der Waals surface area contributed by atoms with Crippen molar-refractivity contribution < 1.29 is 17.4 Å². The topological polar surface area (TPSA) is 50.9 Å². The molecule has 0 unspecified atom stereocenters. The molecule has 4 heteroatoms. The number of rotatable bonds is 7. The molecule has 0 aliphatic carbocycles. The number of imidazole rings is 1. The van der Waals surface area contributed by atoms with Gasteiger partial charge in [0.1, 0.15) is 11.6 Å². The molecule has 0 saturated carbocycles. The van der Waals surface area contributed by atoms with Crippen molar-refractivity contribution in [2.75, 3.05) is 0 Å². The third-order valence-corrected chi connectivity index (χ3v) is 12.7. The van der Waals surface area contributed by atoms with Crippen molar-refractivity contribution in [2.45, 2.75) is 92.2 Å². The lowest BCUT2D eigenvalue weighted by Gasteiger charge is -2.27. The first-order valence-corrected chi connectivity index (χ1v) is 22.5. The number of aromatic nitrogens is 3. The SMILES string of the molecule is [2H]C([2H])([2H])C(c1cc(-c2ncc(C)c(-c3ccccc3)c2C)cc(-c2cccc3c2nc(-c2cc(C(C)(C)C)cc(C(C)(C)C)c2O)n3-c2ccc(-c3ccccc3)cc2-c2ccccc2)c1)(C([2H])([2H])[2H])C([2H])([2H])[2H]. The van der Waals surface area contributed by atoms with E-state index in [-0.39, 0.29) is 11.2 Å². The van der Waals surface area contributed by atoms with E-state index >= 15 is 0 Å². The Morgan fingerprint density at radius 1 is 0.515 bits per heavy atom. The Balaban J connectivity index is 1.45. The zero-order chi connectivity index (χ0) is 54.2. The highest BCUT2D eigenvalue weighted by Gasteiger charge is 2.30. The Hall–Kier alpha value is -7.04. The van der Waals surface area contributed by atoms with E-state index in [1.54, 1.807) is 12.3 Å². The van der Waals surface area contributed by atoms with E-state index in [1.807, 2.05) is 109 Å². The number of aromatic hydroxyl groups is 1. The smallest absolute Gasteiger partial charge is 0.149 e. The Morgan fingerprint density at radius 2 is 1.14 bits per heavy atom. The van der Waals surface area contributed by atoms with Crippen LogP contribution in [0.25, 0.3) is 83.9 Å². The van der Waals surface area contributed by atoms with Crippen LogP contribution in [0.2, 0.25) is 0 Å². The number of phenols is 1. The first-order valence-electron chi connectivity index (χ1n) is 27.0. The van der Waals surface area contributed by atoms with Crippen LogP contribution >= 0.6 is 0 Å². The van der Waals surface area contributed by atoms with Crippen LogP contribution in [0.15, 0.2) is 164 Å². The molecule has 0 aliphatic rings. The molecule has 2 heterocycles. The minimum atomic E-state index is -3.55. The Kier molecular flexibility index (Phi) is 8.71. The second kappa shape index (κ2) is 16.7. The van der Waals surface area contributed by atoms with Crippen LogP contribution in [-0.4, -0.2) is 19.6 Å². The molecule has 0 atom stereocenters. The van der Waals surface area contributed by atoms with Crippen LogP contribution in [0.3, 0.4) is 0 Å². The molecule has 2 aromatic heterocycles. The molecule has 0 bridgehead atoms. The molecule has 0 fully saturated rings. The van der Waals surface area contributed by atoms with E-state index in [0.717, 1.165) is 61.3 Å². The highest BCUT2D eigenvalue weighted by atomic mass is 16.3. The van der Waals surface area contributed by atoms with Gasteiger partial charge in [-0.15, -0.1) is 0 Å². The number of phenolic OH excluding ortho intramolecular Hbond substituents is 1. The number of benzene rings is 7. The second-order valence-electron chi connectivity index (χ2n) is 19.5. The van der Waals surface area contributed by atoms with Crippen molar-refractivity contribution in [3.05, 3.63) is 192 Å². The largest absolute Gasteiger partial charge is 0.507 e. The maximum absolute atomic E-state index is 12.7. The average molecular weight is 873 g/mol. The summed E-state index contributed by atoms with van der Waals surface area (Å²) in [4.78, 5) is 10.4. The van der Waals surface area contributed by atoms with E-state index in [0.29, 0.717) is 44.8 Å². The van der Waals surface area contributed by atoms with Gasteiger partial charge in [0.25, 0.3) is 0 Å². The molecule has 4 nitrogen and oxygen atoms in total. The van der Waals surface area contributed by atoms with Crippen molar-refractivity contribution >= 4 is 11.0 Å². The van der Waals surface area contributed by atoms with Crippen LogP contribution in [0.1, 0.15) is 102 Å². The van der Waals surface area contributed by atoms with Crippen molar-refractivity contribution in [3.63, 3.8) is 0 Å². The zero-order valence-corrected chi connectivity index (χ0v) is 38.9. The average Bonchev–Trinajstić information content (AvgIpc) is 3.78. The molecule has 9 rings (SSSR count). The van der Waals surface area contributed by atoms with Gasteiger partial charge in [0, 0.05) is 40.8 Å². The van der Waals surface area contributed by atoms with Gasteiger partial charge in [-0.25, -0.2) is 4.98 Å². The summed E-state index contributed by atoms with van der Waals surface area (Å²) in [5, 5.41) is 12.7. The van der Waals surface area contributed by atoms with Crippen LogP contribution in [0.4, 0.5) is 0 Å². The van der Waals surface area contributed by atoms with Crippen LogP contribution in [0, 0.1) is 13.8 Å². The van der Waals surface area contributed by atoms with E-state index < -0.39 is 36.9 Å². The molecule has 0 saturated heterocycles. The van der Waals surface area contributed by atoms with E-state index in [4.69, 9.17) is 22.3 Å². The number of nitrogens with zero attached hydrogens (tertiary/aromatic N) is 3. The summed E-state index contributed by atoms with van der Waals surface area (Å²) in [6.45, 7) is 5.76. The van der Waals surface area contributed by atoms with Crippen molar-refractivity contribution in [1.82, 2.24) is 14.5 Å². The standard InChI is InChI=1S/C62H61N3O/c1-39-38-63-56(40(2)55(39)43-26-19-14-20-27-43)46-32-45(33-47(34-46)60(3,4)5)49-28-21-29-54-57(49)64-59(51-36-48(61(6,7)8)37-52(58(51)66)62(9,10)11)65(54)53-31-30-44(41-22-15-12-16-23-41)35-50(53)42-24-17-13-18-25-42/h12-38,66H,1-11H3/i3D3,4D3,5D3. The van der Waals surface area contributed by atoms with Gasteiger partial charge in [0.2, 0.25) is 0 Å². The fourth-order valence-electron chi connectivity index (χ4n) is 9.17. The van der Waals surface area contributed by atoms with Crippen LogP contribution < -0.4 is 0 Å². The number of para-hydroxylation sites is 1. The minimum absolute atomic E-state index is 0.0630. The zero-order valence-electron chi connectivity index (χ0n) is 47.9. The lowest BCUT2D eigenvalue weighted by Crippen LogP contribution is -2.17. The fraction of sp³-hybridized carbons (Fsp3) is 0.226. The van der Waals surface area contributed by atoms with Gasteiger partial charge in [0.15, 0.2) is 0 Å². The number of fused-ring (bicyclic) bond motifs is 1. The first kappa shape index (κ1) is 34.3. The summed E-state index contributed by atoms with van der Waals surface area (Å²) >= 11 is 0. The van der Waals surface area contributed by atoms with E-state index in [9.17, 15) is 5.11 Å². The third kappa shape index (κ3) is 8.26. The highest BCUT2D eigenvalue weighted by Crippen LogP contribution is 2.46. The maximum atomic E-state index is 12.7. The number of hydrogen-bond donors (Lipinski definition) is 1. The number of pyridine rings is 1. The van der Waals surface area contributed by atoms with Gasteiger partial charge < -0.3 is 5.11 Å². The molecule has 9 aromatic rings. The van der Waals surface area contributed by atoms with Crippen molar-refractivity contribution in [3.8, 4) is 78.6 Å². The molecule has 0 aliphatic heterocycles. The Bertz CT molecular complexity index is 3570. The molecule has 7 aromatic carbocycles. The fourth-order valence-corrected chi connectivity index (χ4v) is 9.17. The van der Waals surface area contributed by atoms with E-state index in [1.165, 1.54) is 12.1 Å². The molecule has 0 spiro atoms. The van der Waals surface area contributed by atoms with Crippen molar-refractivity contribution in [2.24, 2.45) is 0 Å². The molecule has 1 N–H and O–H groups in total. The molecule has 330 valence electrons. The van der Waals surface area contributed by atoms with Crippen molar-refractivity contribution in [1.29, 1.82) is 0 Å². The highest BCUT2D eigenvalue weighted by molar-refractivity contribution is 5.98. The molecule has 66 heavy (non-hydrogen) atoms. The third-order valence-electron chi connectivity index (χ3n) is 12.7. The summed E-state index contributed by atoms with van der Waals surface area (Å²) in [6.07, 6.45) is 1.72. The predicted molar refractivity (Wildman–Crippen MR) is 279 cm³/mol. The summed E-state index contributed by atoms with van der Waals surface area (Å²) in [5.41, 5.74) is 8.13. The summed E-state index contributed by atoms with van der Waals surface area (Å²) in [6, 6.07) is 50.4. The van der Waals surface area contributed by atoms with Crippen LogP contribution in [-0.2, 0) is 16.2 Å². The predicted octanol–water partition coefficient (Wildman–Crippen LogP) is 16.6. The summed E-state index contributed by atoms with van der Waals surface area (Å²) < 4.78 is 81.9. The van der Waals surface area contributed by atoms with Gasteiger partial charge >= 0.3 is 0 Å². The lowest BCUT2D eigenvalue weighted by atomic mass is 9.79. The van der Waals surface area contributed by atoms with E-state index in [2.05, 4.69) is 90.1 Å².